The molecule has 2 rings (SSSR count). The normalized spacial score (nSPS) is 45.3. The maximum Gasteiger partial charge on any atom is 0.218 e. The number of hydrogen-bond donors (Lipinski definition) is 8. The molecule has 0 spiro atoms. The van der Waals surface area contributed by atoms with Crippen molar-refractivity contribution in [3.8, 4) is 0 Å². The molecule has 1 fully saturated rings. The zero-order chi connectivity index (χ0) is 17.3. The maximum absolute atomic E-state index is 9.86. The Labute approximate surface area is 130 Å². The number of hydrogen-bond acceptors (Lipinski definition) is 11. The average molecular weight is 340 g/mol. The van der Waals surface area contributed by atoms with Crippen LogP contribution in [0.4, 0.5) is 0 Å². The van der Waals surface area contributed by atoms with Crippen molar-refractivity contribution < 1.29 is 55.1 Å². The van der Waals surface area contributed by atoms with Crippen LogP contribution in [0.2, 0.25) is 0 Å². The van der Waals surface area contributed by atoms with Gasteiger partial charge in [-0.15, -0.1) is 0 Å². The van der Waals surface area contributed by atoms with Crippen molar-refractivity contribution in [2.24, 2.45) is 0 Å². The lowest BCUT2D eigenvalue weighted by Gasteiger charge is -2.42. The van der Waals surface area contributed by atoms with E-state index in [0.29, 0.717) is 0 Å². The molecule has 0 saturated carbocycles. The Kier molecular flexibility index (Phi) is 5.78. The second-order valence-corrected chi connectivity index (χ2v) is 5.23. The Morgan fingerprint density at radius 2 is 1.39 bits per heavy atom. The van der Waals surface area contributed by atoms with Crippen molar-refractivity contribution in [3.63, 3.8) is 0 Å². The summed E-state index contributed by atoms with van der Waals surface area (Å²) in [6, 6.07) is 0. The molecule has 2 aliphatic rings. The number of rotatable bonds is 4. The molecule has 0 unspecified atom stereocenters. The van der Waals surface area contributed by atoms with Crippen molar-refractivity contribution >= 4 is 0 Å². The summed E-state index contributed by atoms with van der Waals surface area (Å²) in [5.74, 6) is -1.79. The van der Waals surface area contributed by atoms with Gasteiger partial charge >= 0.3 is 0 Å². The van der Waals surface area contributed by atoms with Crippen molar-refractivity contribution in [2.75, 3.05) is 13.2 Å². The van der Waals surface area contributed by atoms with Crippen molar-refractivity contribution in [2.45, 2.75) is 49.2 Å². The fourth-order valence-electron chi connectivity index (χ4n) is 2.36. The second-order valence-electron chi connectivity index (χ2n) is 5.23. The number of aliphatic hydroxyl groups is 8. The van der Waals surface area contributed by atoms with Crippen LogP contribution in [-0.2, 0) is 14.2 Å². The van der Waals surface area contributed by atoms with E-state index < -0.39 is 73.9 Å². The third-order valence-electron chi connectivity index (χ3n) is 3.72. The van der Waals surface area contributed by atoms with Crippen LogP contribution in [0.1, 0.15) is 0 Å². The summed E-state index contributed by atoms with van der Waals surface area (Å²) in [4.78, 5) is 0. The van der Waals surface area contributed by atoms with E-state index in [1.165, 1.54) is 0 Å². The van der Waals surface area contributed by atoms with Gasteiger partial charge in [0, 0.05) is 0 Å². The Bertz CT molecular complexity index is 439. The van der Waals surface area contributed by atoms with Crippen LogP contribution in [0.3, 0.4) is 0 Å². The van der Waals surface area contributed by atoms with Gasteiger partial charge in [0.2, 0.25) is 6.29 Å². The van der Waals surface area contributed by atoms with Gasteiger partial charge in [-0.05, 0) is 0 Å². The first-order valence-corrected chi connectivity index (χ1v) is 6.84. The molecule has 23 heavy (non-hydrogen) atoms. The summed E-state index contributed by atoms with van der Waals surface area (Å²) in [7, 11) is 0. The average Bonchev–Trinajstić information content (AvgIpc) is 2.55. The van der Waals surface area contributed by atoms with Gasteiger partial charge in [0.1, 0.15) is 36.6 Å². The minimum absolute atomic E-state index is 0.679. The molecule has 0 bridgehead atoms. The lowest BCUT2D eigenvalue weighted by Crippen LogP contribution is -2.60. The molecule has 0 aromatic carbocycles. The second kappa shape index (κ2) is 7.25. The van der Waals surface area contributed by atoms with E-state index in [1.54, 1.807) is 0 Å². The predicted octanol–water partition coefficient (Wildman–Crippen LogP) is -3.79. The lowest BCUT2D eigenvalue weighted by atomic mass is 9.99. The summed E-state index contributed by atoms with van der Waals surface area (Å²) >= 11 is 0. The molecule has 134 valence electrons. The summed E-state index contributed by atoms with van der Waals surface area (Å²) in [5.41, 5.74) is 0. The highest BCUT2D eigenvalue weighted by atomic mass is 16.7. The minimum Gasteiger partial charge on any atom is -0.506 e. The van der Waals surface area contributed by atoms with Crippen LogP contribution in [0, 0.1) is 0 Å². The molecule has 11 heteroatoms. The molecule has 0 amide bonds. The fraction of sp³-hybridized carbons (Fsp3) is 0.833. The SMILES string of the molecule is OC[C@H]1O[C@H](O[C@H]2C(O)=C(O)[C@@H](O)O[C@@H]2CO)[C@H](O)[C@@H](O)[C@@H]1O. The standard InChI is InChI=1S/C12H20O11/c13-1-3-5(15)6(16)9(19)12(22-3)23-10-4(2-14)21-11(20)8(18)7(10)17/h3-6,9-20H,1-2H2/t3-,4-,5-,6+,9-,10-,11+,12-/m1/s1. The molecule has 8 atom stereocenters. The van der Waals surface area contributed by atoms with Crippen LogP contribution in [0.15, 0.2) is 11.5 Å². The Hall–Kier alpha value is -1.02. The number of ether oxygens (including phenoxy) is 3. The van der Waals surface area contributed by atoms with Crippen LogP contribution >= 0.6 is 0 Å². The van der Waals surface area contributed by atoms with Crippen molar-refractivity contribution in [1.82, 2.24) is 0 Å². The highest BCUT2D eigenvalue weighted by Crippen LogP contribution is 2.29. The quantitative estimate of drug-likeness (QED) is 0.250. The van der Waals surface area contributed by atoms with E-state index in [9.17, 15) is 35.7 Å². The third-order valence-corrected chi connectivity index (χ3v) is 3.72. The van der Waals surface area contributed by atoms with E-state index in [0.717, 1.165) is 0 Å². The largest absolute Gasteiger partial charge is 0.506 e. The molecule has 11 nitrogen and oxygen atoms in total. The van der Waals surface area contributed by atoms with Gasteiger partial charge in [-0.25, -0.2) is 0 Å². The maximum atomic E-state index is 9.86. The molecular formula is C12H20O11. The summed E-state index contributed by atoms with van der Waals surface area (Å²) in [6.45, 7) is -1.39. The van der Waals surface area contributed by atoms with Crippen LogP contribution in [-0.4, -0.2) is 103 Å². The fourth-order valence-corrected chi connectivity index (χ4v) is 2.36. The summed E-state index contributed by atoms with van der Waals surface area (Å²) in [6.07, 6.45) is -12.6. The van der Waals surface area contributed by atoms with Crippen molar-refractivity contribution in [1.29, 1.82) is 0 Å². The van der Waals surface area contributed by atoms with Gasteiger partial charge in [0.25, 0.3) is 0 Å². The Balaban J connectivity index is 2.18. The van der Waals surface area contributed by atoms with E-state index in [1.807, 2.05) is 0 Å². The first-order valence-electron chi connectivity index (χ1n) is 6.84. The van der Waals surface area contributed by atoms with E-state index in [4.69, 9.17) is 19.3 Å². The van der Waals surface area contributed by atoms with Crippen LogP contribution in [0.25, 0.3) is 0 Å². The first kappa shape index (κ1) is 18.3. The predicted molar refractivity (Wildman–Crippen MR) is 68.9 cm³/mol. The highest BCUT2D eigenvalue weighted by Gasteiger charge is 2.47. The smallest absolute Gasteiger partial charge is 0.218 e. The molecule has 0 aromatic rings. The van der Waals surface area contributed by atoms with Gasteiger partial charge in [-0.3, -0.25) is 0 Å². The Morgan fingerprint density at radius 1 is 0.783 bits per heavy atom. The van der Waals surface area contributed by atoms with Gasteiger partial charge in [-0.2, -0.15) is 0 Å². The molecule has 0 radical (unpaired) electrons. The van der Waals surface area contributed by atoms with Crippen LogP contribution < -0.4 is 0 Å². The lowest BCUT2D eigenvalue weighted by molar-refractivity contribution is -0.324. The molecule has 1 saturated heterocycles. The minimum atomic E-state index is -1.86. The van der Waals surface area contributed by atoms with Crippen LogP contribution in [0.5, 0.6) is 0 Å². The zero-order valence-corrected chi connectivity index (χ0v) is 11.8. The molecule has 2 heterocycles. The highest BCUT2D eigenvalue weighted by molar-refractivity contribution is 5.13. The molecule has 0 aromatic heterocycles. The van der Waals surface area contributed by atoms with Gasteiger partial charge in [0.05, 0.1) is 13.2 Å². The zero-order valence-electron chi connectivity index (χ0n) is 11.8. The topological polar surface area (TPSA) is 190 Å². The molecule has 8 N–H and O–H groups in total. The monoisotopic (exact) mass is 340 g/mol. The van der Waals surface area contributed by atoms with Crippen molar-refractivity contribution in [3.05, 3.63) is 11.5 Å². The first-order chi connectivity index (χ1) is 10.8. The van der Waals surface area contributed by atoms with Gasteiger partial charge < -0.3 is 55.1 Å². The van der Waals surface area contributed by atoms with E-state index >= 15 is 0 Å². The van der Waals surface area contributed by atoms with Gasteiger partial charge in [0.15, 0.2) is 17.8 Å². The molecule has 0 aliphatic carbocycles. The number of aliphatic hydroxyl groups excluding tert-OH is 8. The van der Waals surface area contributed by atoms with E-state index in [-0.39, 0.29) is 0 Å². The molecular weight excluding hydrogens is 320 g/mol. The molecule has 2 aliphatic heterocycles. The van der Waals surface area contributed by atoms with E-state index in [2.05, 4.69) is 0 Å². The summed E-state index contributed by atoms with van der Waals surface area (Å²) < 4.78 is 15.1. The third kappa shape index (κ3) is 3.42. The van der Waals surface area contributed by atoms with Gasteiger partial charge in [-0.1, -0.05) is 0 Å². The Morgan fingerprint density at radius 3 is 1.96 bits per heavy atom. The summed E-state index contributed by atoms with van der Waals surface area (Å²) in [5, 5.41) is 76.1.